The first-order valence-electron chi connectivity index (χ1n) is 6.73. The highest BCUT2D eigenvalue weighted by atomic mass is 32.2. The Labute approximate surface area is 138 Å². The van der Waals surface area contributed by atoms with Crippen molar-refractivity contribution in [3.63, 3.8) is 0 Å². The third-order valence-corrected chi connectivity index (χ3v) is 4.45. The fourth-order valence-corrected chi connectivity index (χ4v) is 2.72. The van der Waals surface area contributed by atoms with Crippen molar-refractivity contribution in [3.8, 4) is 0 Å². The molecule has 0 radical (unpaired) electrons. The molecule has 130 valence electrons. The lowest BCUT2D eigenvalue weighted by atomic mass is 10.4. The van der Waals surface area contributed by atoms with E-state index >= 15 is 0 Å². The van der Waals surface area contributed by atoms with E-state index in [1.807, 2.05) is 0 Å². The molecule has 0 saturated heterocycles. The number of carbonyl (C=O) groups is 2. The third kappa shape index (κ3) is 13.2. The van der Waals surface area contributed by atoms with Gasteiger partial charge in [-0.1, -0.05) is 0 Å². The minimum Gasteiger partial charge on any atom is -0.480 e. The first-order chi connectivity index (χ1) is 10.4. The maximum atomic E-state index is 10.5. The largest absolute Gasteiger partial charge is 0.480 e. The van der Waals surface area contributed by atoms with Gasteiger partial charge in [0, 0.05) is 23.0 Å². The zero-order valence-corrected chi connectivity index (χ0v) is 13.9. The van der Waals surface area contributed by atoms with Crippen molar-refractivity contribution < 1.29 is 29.3 Å². The summed E-state index contributed by atoms with van der Waals surface area (Å²) in [6, 6.07) is -1.67. The summed E-state index contributed by atoms with van der Waals surface area (Å²) in [7, 11) is 0. The van der Waals surface area contributed by atoms with Gasteiger partial charge in [-0.25, -0.2) is 0 Å². The van der Waals surface area contributed by atoms with Gasteiger partial charge in [0.25, 0.3) is 0 Å². The lowest BCUT2D eigenvalue weighted by Crippen LogP contribution is -2.32. The number of hydrogen-bond donors (Lipinski definition) is 4. The lowest BCUT2D eigenvalue weighted by Gasteiger charge is -2.08. The summed E-state index contributed by atoms with van der Waals surface area (Å²) in [5.74, 6) is 0.108. The summed E-state index contributed by atoms with van der Waals surface area (Å²) in [4.78, 5) is 20.9. The predicted molar refractivity (Wildman–Crippen MR) is 87.5 cm³/mol. The molecule has 22 heavy (non-hydrogen) atoms. The van der Waals surface area contributed by atoms with Crippen LogP contribution in [0.1, 0.15) is 0 Å². The first-order valence-corrected chi connectivity index (χ1v) is 9.03. The van der Waals surface area contributed by atoms with Crippen LogP contribution < -0.4 is 11.5 Å². The van der Waals surface area contributed by atoms with E-state index in [0.29, 0.717) is 49.4 Å². The molecule has 0 bridgehead atoms. The Morgan fingerprint density at radius 1 is 0.818 bits per heavy atom. The highest BCUT2D eigenvalue weighted by molar-refractivity contribution is 7.99. The average molecular weight is 356 g/mol. The van der Waals surface area contributed by atoms with Gasteiger partial charge in [-0.3, -0.25) is 9.59 Å². The number of carboxylic acids is 2. The quantitative estimate of drug-likeness (QED) is 0.278. The van der Waals surface area contributed by atoms with Gasteiger partial charge >= 0.3 is 11.9 Å². The predicted octanol–water partition coefficient (Wildman–Crippen LogP) is -0.690. The Kier molecular flexibility index (Phi) is 13.8. The Morgan fingerprint density at radius 2 is 1.18 bits per heavy atom. The molecule has 0 heterocycles. The molecule has 2 unspecified atom stereocenters. The molecular formula is C12H24N2O6S2. The van der Waals surface area contributed by atoms with Crippen LogP contribution in [0.25, 0.3) is 0 Å². The summed E-state index contributed by atoms with van der Waals surface area (Å²) in [6.07, 6.45) is 0. The average Bonchev–Trinajstić information content (AvgIpc) is 2.47. The Hall–Kier alpha value is -0.520. The number of thioether (sulfide) groups is 2. The van der Waals surface area contributed by atoms with Crippen LogP contribution >= 0.6 is 23.5 Å². The second-order valence-electron chi connectivity index (χ2n) is 4.26. The minimum absolute atomic E-state index is 0.366. The molecule has 0 saturated carbocycles. The van der Waals surface area contributed by atoms with E-state index in [9.17, 15) is 9.59 Å². The van der Waals surface area contributed by atoms with Crippen molar-refractivity contribution in [3.05, 3.63) is 0 Å². The van der Waals surface area contributed by atoms with Crippen LogP contribution in [0.2, 0.25) is 0 Å². The van der Waals surface area contributed by atoms with Crippen molar-refractivity contribution in [2.24, 2.45) is 11.5 Å². The molecule has 0 aromatic carbocycles. The van der Waals surface area contributed by atoms with Gasteiger partial charge < -0.3 is 31.2 Å². The van der Waals surface area contributed by atoms with Gasteiger partial charge in [0.2, 0.25) is 0 Å². The molecule has 0 aliphatic carbocycles. The number of aliphatic carboxylic acids is 2. The summed E-state index contributed by atoms with van der Waals surface area (Å²) in [5, 5.41) is 17.2. The Balaban J connectivity index is 3.18. The van der Waals surface area contributed by atoms with Crippen LogP contribution in [-0.4, -0.2) is 83.7 Å². The Bertz CT molecular complexity index is 292. The summed E-state index contributed by atoms with van der Waals surface area (Å²) in [5.41, 5.74) is 10.7. The van der Waals surface area contributed by atoms with Crippen LogP contribution in [0, 0.1) is 0 Å². The van der Waals surface area contributed by atoms with Gasteiger partial charge in [-0.2, -0.15) is 23.5 Å². The maximum Gasteiger partial charge on any atom is 0.321 e. The molecule has 0 amide bonds. The molecule has 0 aromatic heterocycles. The molecule has 0 aliphatic rings. The monoisotopic (exact) mass is 356 g/mol. The second kappa shape index (κ2) is 14.1. The fourth-order valence-electron chi connectivity index (χ4n) is 1.12. The van der Waals surface area contributed by atoms with Gasteiger partial charge in [-0.05, 0) is 0 Å². The van der Waals surface area contributed by atoms with E-state index in [0.717, 1.165) is 0 Å². The van der Waals surface area contributed by atoms with E-state index in [1.54, 1.807) is 0 Å². The normalized spacial score (nSPS) is 13.7. The molecule has 6 N–H and O–H groups in total. The van der Waals surface area contributed by atoms with E-state index in [2.05, 4.69) is 0 Å². The molecule has 8 nitrogen and oxygen atoms in total. The van der Waals surface area contributed by atoms with Crippen LogP contribution in [0.3, 0.4) is 0 Å². The van der Waals surface area contributed by atoms with Crippen molar-refractivity contribution in [2.75, 3.05) is 49.4 Å². The van der Waals surface area contributed by atoms with Crippen LogP contribution in [0.15, 0.2) is 0 Å². The molecule has 0 aromatic rings. The van der Waals surface area contributed by atoms with E-state index in [-0.39, 0.29) is 0 Å². The molecule has 0 fully saturated rings. The molecule has 10 heteroatoms. The number of carboxylic acid groups (broad SMARTS) is 2. The molecular weight excluding hydrogens is 332 g/mol. The zero-order valence-electron chi connectivity index (χ0n) is 12.3. The third-order valence-electron chi connectivity index (χ3n) is 2.35. The lowest BCUT2D eigenvalue weighted by molar-refractivity contribution is -0.138. The van der Waals surface area contributed by atoms with Gasteiger partial charge in [0.1, 0.15) is 12.1 Å². The topological polar surface area (TPSA) is 145 Å². The van der Waals surface area contributed by atoms with Crippen molar-refractivity contribution >= 4 is 35.5 Å². The number of ether oxygens (including phenoxy) is 2. The van der Waals surface area contributed by atoms with E-state index in [4.69, 9.17) is 31.2 Å². The first kappa shape index (κ1) is 21.5. The summed E-state index contributed by atoms with van der Waals surface area (Å²) >= 11 is 2.87. The molecule has 0 aliphatic heterocycles. The van der Waals surface area contributed by atoms with Gasteiger partial charge in [0.05, 0.1) is 26.4 Å². The van der Waals surface area contributed by atoms with E-state index < -0.39 is 24.0 Å². The molecule has 0 spiro atoms. The number of rotatable bonds is 15. The molecule has 0 rings (SSSR count). The summed E-state index contributed by atoms with van der Waals surface area (Å²) in [6.45, 7) is 1.96. The number of hydrogen-bond acceptors (Lipinski definition) is 8. The van der Waals surface area contributed by atoms with Crippen LogP contribution in [0.4, 0.5) is 0 Å². The number of nitrogens with two attached hydrogens (primary N) is 2. The smallest absolute Gasteiger partial charge is 0.321 e. The van der Waals surface area contributed by atoms with Gasteiger partial charge in [-0.15, -0.1) is 0 Å². The van der Waals surface area contributed by atoms with Gasteiger partial charge in [0.15, 0.2) is 0 Å². The minimum atomic E-state index is -0.996. The van der Waals surface area contributed by atoms with Crippen LogP contribution in [-0.2, 0) is 19.1 Å². The standard InChI is InChI=1S/C12H24N2O6S2/c13-9(11(15)16)7-21-5-3-19-1-2-20-4-6-22-8-10(14)12(17)18/h9-10H,1-8,13-14H2,(H,15,16)(H,17,18). The highest BCUT2D eigenvalue weighted by Gasteiger charge is 2.11. The summed E-state index contributed by atoms with van der Waals surface area (Å²) < 4.78 is 10.6. The van der Waals surface area contributed by atoms with E-state index in [1.165, 1.54) is 23.5 Å². The Morgan fingerprint density at radius 3 is 1.50 bits per heavy atom. The molecule has 2 atom stereocenters. The highest BCUT2D eigenvalue weighted by Crippen LogP contribution is 2.02. The fraction of sp³-hybridized carbons (Fsp3) is 0.833. The van der Waals surface area contributed by atoms with Crippen molar-refractivity contribution in [1.82, 2.24) is 0 Å². The van der Waals surface area contributed by atoms with Crippen molar-refractivity contribution in [2.45, 2.75) is 12.1 Å². The SMILES string of the molecule is NC(CSCCOCCOCCSCC(N)C(=O)O)C(=O)O. The zero-order chi connectivity index (χ0) is 16.8. The second-order valence-corrected chi connectivity index (χ2v) is 6.56. The maximum absolute atomic E-state index is 10.5. The van der Waals surface area contributed by atoms with Crippen LogP contribution in [0.5, 0.6) is 0 Å². The van der Waals surface area contributed by atoms with Crippen molar-refractivity contribution in [1.29, 1.82) is 0 Å².